The third-order valence-corrected chi connectivity index (χ3v) is 8.85. The molecule has 0 unspecified atom stereocenters. The van der Waals surface area contributed by atoms with E-state index in [0.717, 1.165) is 33.1 Å². The molecule has 6 aromatic carbocycles. The van der Waals surface area contributed by atoms with Crippen molar-refractivity contribution < 1.29 is 0 Å². The minimum Gasteiger partial charge on any atom is -0.394 e. The summed E-state index contributed by atoms with van der Waals surface area (Å²) in [5.74, 6) is 0.873. The molecule has 4 heterocycles. The normalized spacial score (nSPS) is 12.3. The van der Waals surface area contributed by atoms with Crippen LogP contribution < -0.4 is 0 Å². The molecule has 0 aliphatic carbocycles. The molecular weight excluding hydrogens is 514 g/mol. The first-order valence-electron chi connectivity index (χ1n) is 14.0. The van der Waals surface area contributed by atoms with Crippen molar-refractivity contribution in [2.45, 2.75) is 0 Å². The summed E-state index contributed by atoms with van der Waals surface area (Å²) in [5.41, 5.74) is 6.52. The molecule has 0 fully saturated rings. The Bertz CT molecular complexity index is 2810. The Kier molecular flexibility index (Phi) is 3.94. The number of benzene rings is 6. The van der Waals surface area contributed by atoms with E-state index in [2.05, 4.69) is 116 Å². The average molecular weight is 534 g/mol. The maximum atomic E-state index is 7.78. The van der Waals surface area contributed by atoms with Gasteiger partial charge < -0.3 is 9.25 Å². The highest BCUT2D eigenvalue weighted by Crippen LogP contribution is 2.47. The minimum atomic E-state index is 0.146. The molecule has 5 nitrogen and oxygen atoms in total. The van der Waals surface area contributed by atoms with E-state index in [-0.39, 0.29) is 5.95 Å². The molecule has 0 atom stereocenters. The van der Waals surface area contributed by atoms with Gasteiger partial charge in [0, 0.05) is 32.3 Å². The summed E-state index contributed by atoms with van der Waals surface area (Å²) >= 11 is 0. The Balaban J connectivity index is 1.56. The molecule has 4 aromatic heterocycles. The topological polar surface area (TPSA) is 39.5 Å². The molecule has 192 valence electrons. The van der Waals surface area contributed by atoms with Crippen LogP contribution in [0.15, 0.2) is 115 Å². The second-order valence-corrected chi connectivity index (χ2v) is 10.9. The van der Waals surface area contributed by atoms with Gasteiger partial charge in [-0.3, -0.25) is 4.57 Å². The van der Waals surface area contributed by atoms with Gasteiger partial charge >= 0.3 is 5.95 Å². The Labute approximate surface area is 238 Å². The van der Waals surface area contributed by atoms with Crippen molar-refractivity contribution in [3.63, 3.8) is 0 Å². The molecule has 0 amide bonds. The van der Waals surface area contributed by atoms with E-state index in [1.54, 1.807) is 0 Å². The molecule has 0 saturated carbocycles. The smallest absolute Gasteiger partial charge is 0.374 e. The van der Waals surface area contributed by atoms with Crippen LogP contribution >= 0.6 is 0 Å². The molecule has 0 N–H and O–H groups in total. The summed E-state index contributed by atoms with van der Waals surface area (Å²) < 4.78 is 4.70. The molecule has 0 radical (unpaired) electrons. The highest BCUT2D eigenvalue weighted by atomic mass is 15.1. The third-order valence-electron chi connectivity index (χ3n) is 8.85. The number of aromatic nitrogens is 4. The monoisotopic (exact) mass is 533 g/mol. The molecule has 5 heteroatoms. The predicted molar refractivity (Wildman–Crippen MR) is 172 cm³/mol. The van der Waals surface area contributed by atoms with Gasteiger partial charge in [-0.2, -0.15) is 0 Å². The number of nitrogens with zero attached hydrogens (tertiary/aromatic N) is 5. The lowest BCUT2D eigenvalue weighted by atomic mass is 10.0. The van der Waals surface area contributed by atoms with Crippen LogP contribution in [0.25, 0.3) is 92.2 Å². The first kappa shape index (κ1) is 21.8. The Hall–Kier alpha value is -5.99. The highest BCUT2D eigenvalue weighted by Gasteiger charge is 2.26. The van der Waals surface area contributed by atoms with E-state index in [1.807, 2.05) is 18.2 Å². The third kappa shape index (κ3) is 2.57. The zero-order chi connectivity index (χ0) is 27.5. The van der Waals surface area contributed by atoms with Crippen LogP contribution in [0, 0.1) is 6.57 Å². The number of fused-ring (bicyclic) bond motifs is 12. The Morgan fingerprint density at radius 2 is 1.17 bits per heavy atom. The van der Waals surface area contributed by atoms with E-state index >= 15 is 0 Å². The van der Waals surface area contributed by atoms with Gasteiger partial charge in [-0.1, -0.05) is 72.8 Å². The van der Waals surface area contributed by atoms with Crippen LogP contribution in [0.1, 0.15) is 0 Å². The molecule has 10 aromatic rings. The fourth-order valence-electron chi connectivity index (χ4n) is 7.18. The van der Waals surface area contributed by atoms with Gasteiger partial charge in [0.15, 0.2) is 0 Å². The fourth-order valence-corrected chi connectivity index (χ4v) is 7.18. The highest BCUT2D eigenvalue weighted by molar-refractivity contribution is 6.35. The van der Waals surface area contributed by atoms with Gasteiger partial charge in [0.25, 0.3) is 0 Å². The summed E-state index contributed by atoms with van der Waals surface area (Å²) in [4.78, 5) is 13.1. The van der Waals surface area contributed by atoms with Crippen LogP contribution in [0.4, 0.5) is 5.95 Å². The lowest BCUT2D eigenvalue weighted by molar-refractivity contribution is 1.09. The van der Waals surface area contributed by atoms with Crippen molar-refractivity contribution in [3.05, 3.63) is 127 Å². The van der Waals surface area contributed by atoms with Crippen molar-refractivity contribution in [3.8, 4) is 5.82 Å². The maximum absolute atomic E-state index is 7.78. The number of para-hydroxylation sites is 3. The molecule has 42 heavy (non-hydrogen) atoms. The number of hydrogen-bond donors (Lipinski definition) is 0. The van der Waals surface area contributed by atoms with Crippen molar-refractivity contribution >= 4 is 87.5 Å². The summed E-state index contributed by atoms with van der Waals surface area (Å²) in [6, 6.07) is 40.8. The van der Waals surface area contributed by atoms with Crippen LogP contribution in [0.2, 0.25) is 0 Å². The quantitative estimate of drug-likeness (QED) is 0.197. The Morgan fingerprint density at radius 1 is 0.524 bits per heavy atom. The lowest BCUT2D eigenvalue weighted by Crippen LogP contribution is -2.00. The van der Waals surface area contributed by atoms with Crippen molar-refractivity contribution in [1.82, 2.24) is 18.9 Å². The summed E-state index contributed by atoms with van der Waals surface area (Å²) in [5, 5.41) is 10.6. The summed E-state index contributed by atoms with van der Waals surface area (Å²) in [6.45, 7) is 7.78. The minimum absolute atomic E-state index is 0.146. The molecular formula is C37H19N5. The van der Waals surface area contributed by atoms with Gasteiger partial charge in [0.1, 0.15) is 5.52 Å². The summed E-state index contributed by atoms with van der Waals surface area (Å²) in [7, 11) is 0. The van der Waals surface area contributed by atoms with Crippen LogP contribution in [0.3, 0.4) is 0 Å². The van der Waals surface area contributed by atoms with Crippen LogP contribution in [-0.4, -0.2) is 18.9 Å². The second-order valence-electron chi connectivity index (χ2n) is 10.9. The fraction of sp³-hybridized carbons (Fsp3) is 0. The molecule has 0 bridgehead atoms. The van der Waals surface area contributed by atoms with Crippen molar-refractivity contribution in [2.75, 3.05) is 0 Å². The molecule has 0 aliphatic heterocycles. The van der Waals surface area contributed by atoms with Gasteiger partial charge in [-0.15, -0.1) is 16.5 Å². The first-order chi connectivity index (χ1) is 20.8. The van der Waals surface area contributed by atoms with Crippen molar-refractivity contribution in [1.29, 1.82) is 0 Å². The lowest BCUT2D eigenvalue weighted by Gasteiger charge is -2.09. The van der Waals surface area contributed by atoms with E-state index in [0.29, 0.717) is 0 Å². The maximum Gasteiger partial charge on any atom is 0.374 e. The number of rotatable bonds is 1. The molecule has 0 spiro atoms. The SMILES string of the molecule is [C-]#[N+]c1nc(-n2c3ccccc3c3cc4c5ccccc5n5c6cc7ccccc7cc6c(c32)c45)c2ccccc2n1. The summed E-state index contributed by atoms with van der Waals surface area (Å²) in [6.07, 6.45) is 0. The average Bonchev–Trinajstić information content (AvgIpc) is 3.67. The zero-order valence-corrected chi connectivity index (χ0v) is 22.2. The van der Waals surface area contributed by atoms with Gasteiger partial charge in [0.2, 0.25) is 5.82 Å². The van der Waals surface area contributed by atoms with Gasteiger partial charge in [0.05, 0.1) is 33.0 Å². The van der Waals surface area contributed by atoms with E-state index in [4.69, 9.17) is 11.6 Å². The zero-order valence-electron chi connectivity index (χ0n) is 22.2. The van der Waals surface area contributed by atoms with E-state index in [1.165, 1.54) is 54.3 Å². The van der Waals surface area contributed by atoms with Gasteiger partial charge in [-0.25, -0.2) is 0 Å². The molecule has 0 aliphatic rings. The van der Waals surface area contributed by atoms with Gasteiger partial charge in [-0.05, 0) is 53.2 Å². The molecule has 10 rings (SSSR count). The standard InChI is InChI=1S/C37H19N5/c1-38-37-39-29-15-7-4-14-25(29)36(40-37)42-31-17-9-6-13-24(31)27-20-26-23-12-5-8-16-30(23)41-32-19-22-11-3-2-10-21(22)18-28(32)33(34(26)41)35(27)42/h2-20H. The van der Waals surface area contributed by atoms with E-state index < -0.39 is 0 Å². The number of hydrogen-bond acceptors (Lipinski definition) is 2. The second kappa shape index (κ2) is 7.60. The van der Waals surface area contributed by atoms with Crippen LogP contribution in [0.5, 0.6) is 0 Å². The Morgan fingerprint density at radius 3 is 1.98 bits per heavy atom. The van der Waals surface area contributed by atoms with Crippen LogP contribution in [-0.2, 0) is 0 Å². The van der Waals surface area contributed by atoms with Crippen molar-refractivity contribution in [2.24, 2.45) is 0 Å². The molecule has 0 saturated heterocycles. The first-order valence-corrected chi connectivity index (χ1v) is 14.0. The van der Waals surface area contributed by atoms with E-state index in [9.17, 15) is 0 Å². The largest absolute Gasteiger partial charge is 0.394 e. The predicted octanol–water partition coefficient (Wildman–Crippen LogP) is 9.58.